The van der Waals surface area contributed by atoms with Crippen LogP contribution in [0.2, 0.25) is 0 Å². The molecule has 2 N–H and O–H groups in total. The Morgan fingerprint density at radius 1 is 1.07 bits per heavy atom. The number of carbonyl (C=O) groups excluding carboxylic acids is 1. The van der Waals surface area contributed by atoms with Gasteiger partial charge in [0.25, 0.3) is 0 Å². The SMILES string of the molecule is CC(C)NS(=O)(=O)c1ccc(NC(=O)[C@@H](C)N(C)Cc2ccccc2F)cc1. The Labute approximate surface area is 165 Å². The molecule has 0 aliphatic rings. The molecule has 1 amide bonds. The van der Waals surface area contributed by atoms with Crippen molar-refractivity contribution in [1.82, 2.24) is 9.62 Å². The van der Waals surface area contributed by atoms with Crippen LogP contribution in [0.1, 0.15) is 26.3 Å². The van der Waals surface area contributed by atoms with Gasteiger partial charge < -0.3 is 5.32 Å². The second-order valence-corrected chi connectivity index (χ2v) is 8.69. The van der Waals surface area contributed by atoms with Crippen molar-refractivity contribution in [3.05, 3.63) is 59.9 Å². The maximum Gasteiger partial charge on any atom is 0.241 e. The summed E-state index contributed by atoms with van der Waals surface area (Å²) < 4.78 is 40.6. The Morgan fingerprint density at radius 3 is 2.25 bits per heavy atom. The molecule has 2 aromatic carbocycles. The van der Waals surface area contributed by atoms with Gasteiger partial charge in [0, 0.05) is 23.8 Å². The minimum atomic E-state index is -3.58. The average molecular weight is 408 g/mol. The molecular formula is C20H26FN3O3S. The van der Waals surface area contributed by atoms with Crippen LogP contribution in [-0.4, -0.2) is 38.4 Å². The van der Waals surface area contributed by atoms with Crippen LogP contribution >= 0.6 is 0 Å². The van der Waals surface area contributed by atoms with Crippen molar-refractivity contribution in [3.8, 4) is 0 Å². The summed E-state index contributed by atoms with van der Waals surface area (Å²) >= 11 is 0. The van der Waals surface area contributed by atoms with Crippen molar-refractivity contribution in [2.75, 3.05) is 12.4 Å². The molecule has 0 heterocycles. The maximum absolute atomic E-state index is 13.8. The topological polar surface area (TPSA) is 78.5 Å². The van der Waals surface area contributed by atoms with Crippen molar-refractivity contribution in [2.45, 2.75) is 44.3 Å². The lowest BCUT2D eigenvalue weighted by molar-refractivity contribution is -0.120. The number of nitrogens with zero attached hydrogens (tertiary/aromatic N) is 1. The quantitative estimate of drug-likeness (QED) is 0.705. The second kappa shape index (κ2) is 9.27. The first-order valence-electron chi connectivity index (χ1n) is 8.97. The Morgan fingerprint density at radius 2 is 1.68 bits per heavy atom. The summed E-state index contributed by atoms with van der Waals surface area (Å²) in [4.78, 5) is 14.3. The number of hydrogen-bond donors (Lipinski definition) is 2. The van der Waals surface area contributed by atoms with E-state index in [0.717, 1.165) is 0 Å². The van der Waals surface area contributed by atoms with Crippen molar-refractivity contribution in [1.29, 1.82) is 0 Å². The van der Waals surface area contributed by atoms with Gasteiger partial charge in [-0.3, -0.25) is 9.69 Å². The van der Waals surface area contributed by atoms with Gasteiger partial charge in [0.05, 0.1) is 10.9 Å². The van der Waals surface area contributed by atoms with E-state index in [2.05, 4.69) is 10.0 Å². The third-order valence-electron chi connectivity index (χ3n) is 4.24. The van der Waals surface area contributed by atoms with Gasteiger partial charge in [0.2, 0.25) is 15.9 Å². The molecule has 1 atom stereocenters. The largest absolute Gasteiger partial charge is 0.325 e. The van der Waals surface area contributed by atoms with Crippen LogP contribution in [0.4, 0.5) is 10.1 Å². The summed E-state index contributed by atoms with van der Waals surface area (Å²) in [7, 11) is -1.84. The van der Waals surface area contributed by atoms with Gasteiger partial charge in [0.15, 0.2) is 0 Å². The number of carbonyl (C=O) groups is 1. The highest BCUT2D eigenvalue weighted by molar-refractivity contribution is 7.89. The number of hydrogen-bond acceptors (Lipinski definition) is 4. The van der Waals surface area contributed by atoms with Crippen molar-refractivity contribution >= 4 is 21.6 Å². The monoisotopic (exact) mass is 407 g/mol. The van der Waals surface area contributed by atoms with E-state index in [9.17, 15) is 17.6 Å². The van der Waals surface area contributed by atoms with Crippen LogP contribution in [0.25, 0.3) is 0 Å². The molecule has 152 valence electrons. The van der Waals surface area contributed by atoms with E-state index in [1.54, 1.807) is 50.9 Å². The van der Waals surface area contributed by atoms with Gasteiger partial charge in [-0.1, -0.05) is 18.2 Å². The van der Waals surface area contributed by atoms with Gasteiger partial charge in [-0.05, 0) is 58.2 Å². The number of likely N-dealkylation sites (N-methyl/N-ethyl adjacent to an activating group) is 1. The zero-order chi connectivity index (χ0) is 20.9. The molecule has 2 aromatic rings. The average Bonchev–Trinajstić information content (AvgIpc) is 2.62. The van der Waals surface area contributed by atoms with E-state index in [-0.39, 0.29) is 22.7 Å². The summed E-state index contributed by atoms with van der Waals surface area (Å²) in [5.41, 5.74) is 0.997. The molecule has 0 aromatic heterocycles. The number of halogens is 1. The number of benzene rings is 2. The number of amides is 1. The Hall–Kier alpha value is -2.29. The molecule has 6 nitrogen and oxygen atoms in total. The van der Waals surface area contributed by atoms with E-state index in [1.165, 1.54) is 30.3 Å². The molecule has 0 saturated carbocycles. The summed E-state index contributed by atoms with van der Waals surface area (Å²) in [6.07, 6.45) is 0. The van der Waals surface area contributed by atoms with Gasteiger partial charge in [0.1, 0.15) is 5.82 Å². The Bertz CT molecular complexity index is 915. The summed E-state index contributed by atoms with van der Waals surface area (Å²) in [5, 5.41) is 2.75. The fourth-order valence-electron chi connectivity index (χ4n) is 2.57. The smallest absolute Gasteiger partial charge is 0.241 e. The zero-order valence-corrected chi connectivity index (χ0v) is 17.3. The number of rotatable bonds is 8. The lowest BCUT2D eigenvalue weighted by atomic mass is 10.1. The Kier molecular flexibility index (Phi) is 7.29. The van der Waals surface area contributed by atoms with E-state index >= 15 is 0 Å². The van der Waals surface area contributed by atoms with Gasteiger partial charge in [-0.15, -0.1) is 0 Å². The molecule has 2 rings (SSSR count). The third kappa shape index (κ3) is 5.85. The molecule has 0 aliphatic heterocycles. The van der Waals surface area contributed by atoms with E-state index in [4.69, 9.17) is 0 Å². The first kappa shape index (κ1) is 22.0. The molecule has 28 heavy (non-hydrogen) atoms. The van der Waals surface area contributed by atoms with Crippen molar-refractivity contribution in [3.63, 3.8) is 0 Å². The first-order chi connectivity index (χ1) is 13.1. The predicted molar refractivity (Wildman–Crippen MR) is 108 cm³/mol. The minimum Gasteiger partial charge on any atom is -0.325 e. The number of anilines is 1. The molecule has 0 spiro atoms. The molecule has 0 saturated heterocycles. The zero-order valence-electron chi connectivity index (χ0n) is 16.4. The molecule has 0 radical (unpaired) electrons. The molecule has 0 bridgehead atoms. The fraction of sp³-hybridized carbons (Fsp3) is 0.350. The van der Waals surface area contributed by atoms with Gasteiger partial charge in [-0.25, -0.2) is 17.5 Å². The van der Waals surface area contributed by atoms with Crippen LogP contribution < -0.4 is 10.0 Å². The molecular weight excluding hydrogens is 381 g/mol. The van der Waals surface area contributed by atoms with Crippen LogP contribution in [0.3, 0.4) is 0 Å². The van der Waals surface area contributed by atoms with E-state index in [1.807, 2.05) is 0 Å². The van der Waals surface area contributed by atoms with E-state index in [0.29, 0.717) is 17.8 Å². The second-order valence-electron chi connectivity index (χ2n) is 6.97. The summed E-state index contributed by atoms with van der Waals surface area (Å²) in [5.74, 6) is -0.580. The summed E-state index contributed by atoms with van der Waals surface area (Å²) in [6.45, 7) is 5.50. The highest BCUT2D eigenvalue weighted by Gasteiger charge is 2.20. The highest BCUT2D eigenvalue weighted by atomic mass is 32.2. The fourth-order valence-corrected chi connectivity index (χ4v) is 3.83. The highest BCUT2D eigenvalue weighted by Crippen LogP contribution is 2.16. The lowest BCUT2D eigenvalue weighted by Crippen LogP contribution is -2.39. The third-order valence-corrected chi connectivity index (χ3v) is 5.92. The first-order valence-corrected chi connectivity index (χ1v) is 10.5. The van der Waals surface area contributed by atoms with Crippen LogP contribution in [-0.2, 0) is 21.4 Å². The van der Waals surface area contributed by atoms with Crippen LogP contribution in [0.5, 0.6) is 0 Å². The minimum absolute atomic E-state index is 0.129. The normalized spacial score (nSPS) is 13.0. The molecule has 8 heteroatoms. The maximum atomic E-state index is 13.8. The molecule has 0 fully saturated rings. The van der Waals surface area contributed by atoms with Gasteiger partial charge >= 0.3 is 0 Å². The standard InChI is InChI=1S/C20H26FN3O3S/c1-14(2)23-28(26,27)18-11-9-17(10-12-18)22-20(25)15(3)24(4)13-16-7-5-6-8-19(16)21/h5-12,14-15,23H,13H2,1-4H3,(H,22,25)/t15-/m1/s1. The number of nitrogens with one attached hydrogen (secondary N) is 2. The Balaban J connectivity index is 2.01. The van der Waals surface area contributed by atoms with E-state index < -0.39 is 16.1 Å². The molecule has 0 aliphatic carbocycles. The van der Waals surface area contributed by atoms with Crippen molar-refractivity contribution < 1.29 is 17.6 Å². The van der Waals surface area contributed by atoms with Crippen molar-refractivity contribution in [2.24, 2.45) is 0 Å². The van der Waals surface area contributed by atoms with Crippen LogP contribution in [0, 0.1) is 5.82 Å². The predicted octanol–water partition coefficient (Wildman–Crippen LogP) is 2.97. The number of sulfonamides is 1. The van der Waals surface area contributed by atoms with Crippen LogP contribution in [0.15, 0.2) is 53.4 Å². The van der Waals surface area contributed by atoms with Gasteiger partial charge in [-0.2, -0.15) is 0 Å². The molecule has 0 unspecified atom stereocenters. The lowest BCUT2D eigenvalue weighted by Gasteiger charge is -2.24. The summed E-state index contributed by atoms with van der Waals surface area (Å²) in [6, 6.07) is 11.7.